The summed E-state index contributed by atoms with van der Waals surface area (Å²) in [4.78, 5) is 0. The molecule has 0 unspecified atom stereocenters. The predicted molar refractivity (Wildman–Crippen MR) is 132 cm³/mol. The molecule has 6 aliphatic carbocycles. The van der Waals surface area contributed by atoms with Crippen molar-refractivity contribution in [2.45, 2.75) is 138 Å². The molecule has 6 aliphatic rings. The molecule has 0 N–H and O–H groups in total. The zero-order valence-corrected chi connectivity index (χ0v) is 21.6. The molecule has 0 heterocycles. The quantitative estimate of drug-likeness (QED) is 0.431. The van der Waals surface area contributed by atoms with Crippen molar-refractivity contribution >= 4 is 0 Å². The molecule has 6 saturated carbocycles. The van der Waals surface area contributed by atoms with Crippen molar-refractivity contribution < 1.29 is 0 Å². The van der Waals surface area contributed by atoms with Gasteiger partial charge < -0.3 is 0 Å². The molecular formula is C30H54. The fraction of sp³-hybridized carbons (Fsp3) is 1.00. The van der Waals surface area contributed by atoms with Gasteiger partial charge in [0.2, 0.25) is 0 Å². The molecule has 6 rings (SSSR count). The first kappa shape index (κ1) is 23.2. The van der Waals surface area contributed by atoms with Gasteiger partial charge in [-0.25, -0.2) is 0 Å². The van der Waals surface area contributed by atoms with Crippen molar-refractivity contribution in [3.05, 3.63) is 0 Å². The summed E-state index contributed by atoms with van der Waals surface area (Å²) in [6, 6.07) is 0. The average Bonchev–Trinajstić information content (AvgIpc) is 3.48. The minimum absolute atomic E-state index is 0.894. The van der Waals surface area contributed by atoms with E-state index in [0.29, 0.717) is 0 Å². The van der Waals surface area contributed by atoms with E-state index < -0.39 is 0 Å². The lowest BCUT2D eigenvalue weighted by Crippen LogP contribution is -2.44. The number of rotatable bonds is 3. The highest BCUT2D eigenvalue weighted by atomic mass is 14.6. The first-order valence-electron chi connectivity index (χ1n) is 14.2. The third-order valence-corrected chi connectivity index (χ3v) is 11.0. The maximum Gasteiger partial charge on any atom is -0.0292 e. The molecule has 0 aromatic heterocycles. The predicted octanol–water partition coefficient (Wildman–Crippen LogP) is 9.67. The van der Waals surface area contributed by atoms with Gasteiger partial charge in [0.15, 0.2) is 0 Å². The average molecular weight is 415 g/mol. The molecule has 0 atom stereocenters. The standard InChI is InChI=1S/C11H20.C10H18.C9H16/c1-9(2)10-3-5-11(6-4-10)7-8-11;1-8(2)9-6-10(7-9)4-3-5-10;1-7(2)8-5-9(6-8)3-4-9/h9-10H,3-8H2,1-2H3;8-9H,3-7H2,1-2H3;7-8H,3-6H2,1-2H3. The van der Waals surface area contributed by atoms with E-state index in [9.17, 15) is 0 Å². The van der Waals surface area contributed by atoms with Crippen molar-refractivity contribution in [1.29, 1.82) is 0 Å². The van der Waals surface area contributed by atoms with E-state index in [0.717, 1.165) is 51.8 Å². The zero-order valence-electron chi connectivity index (χ0n) is 21.6. The lowest BCUT2D eigenvalue weighted by atomic mass is 9.50. The maximum absolute atomic E-state index is 2.38. The zero-order chi connectivity index (χ0) is 21.6. The molecule has 6 fully saturated rings. The summed E-state index contributed by atoms with van der Waals surface area (Å²) >= 11 is 0. The monoisotopic (exact) mass is 414 g/mol. The summed E-state index contributed by atoms with van der Waals surface area (Å²) in [5.41, 5.74) is 2.72. The van der Waals surface area contributed by atoms with E-state index in [4.69, 9.17) is 0 Å². The van der Waals surface area contributed by atoms with Crippen molar-refractivity contribution in [3.63, 3.8) is 0 Å². The molecule has 0 aromatic rings. The molecule has 30 heavy (non-hydrogen) atoms. The van der Waals surface area contributed by atoms with Crippen LogP contribution >= 0.6 is 0 Å². The summed E-state index contributed by atoms with van der Waals surface area (Å²) in [7, 11) is 0. The van der Waals surface area contributed by atoms with Crippen LogP contribution in [0.25, 0.3) is 0 Å². The summed E-state index contributed by atoms with van der Waals surface area (Å²) in [5, 5.41) is 0. The molecule has 0 bridgehead atoms. The van der Waals surface area contributed by atoms with Crippen molar-refractivity contribution in [2.24, 2.45) is 51.8 Å². The third kappa shape index (κ3) is 5.31. The molecule has 0 amide bonds. The Balaban J connectivity index is 0.000000109. The van der Waals surface area contributed by atoms with Crippen LogP contribution in [-0.2, 0) is 0 Å². The Morgan fingerprint density at radius 2 is 0.800 bits per heavy atom. The first-order chi connectivity index (χ1) is 14.2. The van der Waals surface area contributed by atoms with Crippen LogP contribution in [0.3, 0.4) is 0 Å². The Bertz CT molecular complexity index is 529. The normalized spacial score (nSPS) is 33.9. The van der Waals surface area contributed by atoms with Gasteiger partial charge in [-0.15, -0.1) is 0 Å². The maximum atomic E-state index is 2.38. The van der Waals surface area contributed by atoms with E-state index in [2.05, 4.69) is 41.5 Å². The van der Waals surface area contributed by atoms with E-state index in [1.807, 2.05) is 0 Å². The van der Waals surface area contributed by atoms with Crippen LogP contribution in [0.2, 0.25) is 0 Å². The second kappa shape index (κ2) is 8.74. The van der Waals surface area contributed by atoms with Crippen molar-refractivity contribution in [1.82, 2.24) is 0 Å². The highest BCUT2D eigenvalue weighted by Crippen LogP contribution is 2.64. The molecular weight excluding hydrogens is 360 g/mol. The lowest BCUT2D eigenvalue weighted by molar-refractivity contribution is -0.0435. The fourth-order valence-corrected chi connectivity index (χ4v) is 7.31. The van der Waals surface area contributed by atoms with E-state index in [1.165, 1.54) is 19.3 Å². The largest absolute Gasteiger partial charge is 0.0625 e. The summed E-state index contributed by atoms with van der Waals surface area (Å²) < 4.78 is 0. The van der Waals surface area contributed by atoms with E-state index >= 15 is 0 Å². The molecule has 0 saturated heterocycles. The highest BCUT2D eigenvalue weighted by Gasteiger charge is 2.53. The van der Waals surface area contributed by atoms with Crippen molar-refractivity contribution in [2.75, 3.05) is 0 Å². The van der Waals surface area contributed by atoms with Gasteiger partial charge in [0, 0.05) is 0 Å². The molecule has 0 aliphatic heterocycles. The Labute approximate surface area is 189 Å². The summed E-state index contributed by atoms with van der Waals surface area (Å²) in [5.74, 6) is 6.07. The van der Waals surface area contributed by atoms with Gasteiger partial charge >= 0.3 is 0 Å². The van der Waals surface area contributed by atoms with E-state index in [1.54, 1.807) is 77.0 Å². The fourth-order valence-electron chi connectivity index (χ4n) is 7.31. The second-order valence-electron chi connectivity index (χ2n) is 14.3. The van der Waals surface area contributed by atoms with Gasteiger partial charge in [0.05, 0.1) is 0 Å². The molecule has 0 nitrogen and oxygen atoms in total. The van der Waals surface area contributed by atoms with E-state index in [-0.39, 0.29) is 0 Å². The highest BCUT2D eigenvalue weighted by molar-refractivity contribution is 5.04. The molecule has 0 radical (unpaired) electrons. The molecule has 174 valence electrons. The Hall–Kier alpha value is 0. The molecule has 3 spiro atoms. The van der Waals surface area contributed by atoms with Gasteiger partial charge in [-0.05, 0) is 142 Å². The van der Waals surface area contributed by atoms with Gasteiger partial charge in [-0.2, -0.15) is 0 Å². The Kier molecular flexibility index (Phi) is 6.75. The van der Waals surface area contributed by atoms with Gasteiger partial charge in [0.25, 0.3) is 0 Å². The lowest BCUT2D eigenvalue weighted by Gasteiger charge is -2.55. The SMILES string of the molecule is CC(C)C1CC2(CC2)C1.CC(C)C1CC2(CCC2)C1.CC(C)C1CCC2(CC1)CC2. The van der Waals surface area contributed by atoms with Crippen molar-refractivity contribution in [3.8, 4) is 0 Å². The first-order valence-corrected chi connectivity index (χ1v) is 14.2. The van der Waals surface area contributed by atoms with Crippen LogP contribution in [0.15, 0.2) is 0 Å². The Morgan fingerprint density at radius 3 is 1.07 bits per heavy atom. The molecule has 0 heteroatoms. The van der Waals surface area contributed by atoms with Crippen LogP contribution in [-0.4, -0.2) is 0 Å². The van der Waals surface area contributed by atoms with Gasteiger partial charge in [-0.3, -0.25) is 0 Å². The number of hydrogen-bond acceptors (Lipinski definition) is 0. The summed E-state index contributed by atoms with van der Waals surface area (Å²) in [6.07, 6.45) is 23.2. The minimum Gasteiger partial charge on any atom is -0.0625 e. The van der Waals surface area contributed by atoms with Crippen LogP contribution < -0.4 is 0 Å². The number of hydrogen-bond donors (Lipinski definition) is 0. The smallest absolute Gasteiger partial charge is 0.0292 e. The topological polar surface area (TPSA) is 0 Å². The van der Waals surface area contributed by atoms with Gasteiger partial charge in [0.1, 0.15) is 0 Å². The summed E-state index contributed by atoms with van der Waals surface area (Å²) in [6.45, 7) is 14.2. The van der Waals surface area contributed by atoms with Crippen LogP contribution in [0.4, 0.5) is 0 Å². The van der Waals surface area contributed by atoms with Gasteiger partial charge in [-0.1, -0.05) is 48.0 Å². The van der Waals surface area contributed by atoms with Crippen LogP contribution in [0.5, 0.6) is 0 Å². The minimum atomic E-state index is 0.894. The third-order valence-electron chi connectivity index (χ3n) is 11.0. The second-order valence-corrected chi connectivity index (χ2v) is 14.3. The molecule has 0 aromatic carbocycles. The Morgan fingerprint density at radius 1 is 0.433 bits per heavy atom. The van der Waals surface area contributed by atoms with Crippen LogP contribution in [0, 0.1) is 51.8 Å². The van der Waals surface area contributed by atoms with Crippen LogP contribution in [0.1, 0.15) is 138 Å².